The fraction of sp³-hybridized carbons (Fsp3) is 0. The van der Waals surface area contributed by atoms with Crippen LogP contribution < -0.4 is 15.5 Å². The lowest BCUT2D eigenvalue weighted by Gasteiger charge is -2.06. The van der Waals surface area contributed by atoms with Gasteiger partial charge in [0, 0.05) is 14.3 Å². The van der Waals surface area contributed by atoms with E-state index < -0.39 is 17.8 Å². The number of ether oxygens (including phenoxy) is 1. The number of nitrogens with one attached hydrogen (secondary N) is 2. The SMILES string of the molecule is O=C(N/N=C/c1ccc(OC(=O)c2ccccc2I)cc1)C(=O)Nc1ccc(Cl)cc1. The van der Waals surface area contributed by atoms with Crippen molar-refractivity contribution >= 4 is 63.9 Å². The lowest BCUT2D eigenvalue weighted by Crippen LogP contribution is -2.32. The molecule has 0 bridgehead atoms. The molecule has 0 atom stereocenters. The van der Waals surface area contributed by atoms with Crippen LogP contribution in [-0.4, -0.2) is 24.0 Å². The van der Waals surface area contributed by atoms with E-state index in [1.54, 1.807) is 60.7 Å². The van der Waals surface area contributed by atoms with Gasteiger partial charge in [0.25, 0.3) is 0 Å². The molecule has 2 amide bonds. The second kappa shape index (κ2) is 10.7. The number of hydrazone groups is 1. The van der Waals surface area contributed by atoms with Gasteiger partial charge in [-0.1, -0.05) is 23.7 Å². The van der Waals surface area contributed by atoms with Crippen molar-refractivity contribution in [3.8, 4) is 5.75 Å². The Kier molecular flexibility index (Phi) is 7.74. The van der Waals surface area contributed by atoms with Crippen molar-refractivity contribution in [2.24, 2.45) is 5.10 Å². The molecule has 9 heteroatoms. The number of anilines is 1. The number of nitrogens with zero attached hydrogens (tertiary/aromatic N) is 1. The molecule has 0 aromatic heterocycles. The third-order valence-corrected chi connectivity index (χ3v) is 5.07. The lowest BCUT2D eigenvalue weighted by molar-refractivity contribution is -0.136. The molecule has 0 saturated heterocycles. The molecule has 0 spiro atoms. The molecule has 0 aliphatic carbocycles. The van der Waals surface area contributed by atoms with E-state index >= 15 is 0 Å². The van der Waals surface area contributed by atoms with Crippen molar-refractivity contribution in [3.05, 3.63) is 92.5 Å². The predicted molar refractivity (Wildman–Crippen MR) is 126 cm³/mol. The summed E-state index contributed by atoms with van der Waals surface area (Å²) in [5.41, 5.74) is 3.69. The van der Waals surface area contributed by atoms with E-state index in [-0.39, 0.29) is 0 Å². The highest BCUT2D eigenvalue weighted by molar-refractivity contribution is 14.1. The van der Waals surface area contributed by atoms with Crippen LogP contribution in [0.25, 0.3) is 0 Å². The van der Waals surface area contributed by atoms with Gasteiger partial charge >= 0.3 is 17.8 Å². The highest BCUT2D eigenvalue weighted by Gasteiger charge is 2.13. The molecule has 0 aliphatic rings. The summed E-state index contributed by atoms with van der Waals surface area (Å²) < 4.78 is 6.15. The van der Waals surface area contributed by atoms with E-state index in [2.05, 4.69) is 38.4 Å². The molecule has 3 aromatic rings. The maximum Gasteiger partial charge on any atom is 0.344 e. The largest absolute Gasteiger partial charge is 0.423 e. The molecular formula is C22H15ClIN3O4. The summed E-state index contributed by atoms with van der Waals surface area (Å²) in [6, 6.07) is 20.0. The summed E-state index contributed by atoms with van der Waals surface area (Å²) in [5.74, 6) is -1.87. The number of carbonyl (C=O) groups is 3. The number of esters is 1. The van der Waals surface area contributed by atoms with Gasteiger partial charge in [-0.15, -0.1) is 0 Å². The van der Waals surface area contributed by atoms with Crippen molar-refractivity contribution in [2.75, 3.05) is 5.32 Å². The van der Waals surface area contributed by atoms with Crippen molar-refractivity contribution in [3.63, 3.8) is 0 Å². The maximum absolute atomic E-state index is 12.2. The Bertz CT molecular complexity index is 1130. The van der Waals surface area contributed by atoms with Gasteiger partial charge in [-0.05, 0) is 88.8 Å². The molecule has 0 aliphatic heterocycles. The minimum atomic E-state index is -0.922. The average Bonchev–Trinajstić information content (AvgIpc) is 2.76. The molecule has 156 valence electrons. The van der Waals surface area contributed by atoms with E-state index in [0.717, 1.165) is 3.57 Å². The molecule has 31 heavy (non-hydrogen) atoms. The zero-order chi connectivity index (χ0) is 22.2. The summed E-state index contributed by atoms with van der Waals surface area (Å²) >= 11 is 7.84. The zero-order valence-electron chi connectivity index (χ0n) is 15.8. The van der Waals surface area contributed by atoms with Crippen LogP contribution in [0.5, 0.6) is 5.75 Å². The highest BCUT2D eigenvalue weighted by atomic mass is 127. The normalized spacial score (nSPS) is 10.5. The van der Waals surface area contributed by atoms with Gasteiger partial charge < -0.3 is 10.1 Å². The summed E-state index contributed by atoms with van der Waals surface area (Å²) in [7, 11) is 0. The minimum Gasteiger partial charge on any atom is -0.423 e. The first kappa shape index (κ1) is 22.4. The molecule has 0 heterocycles. The summed E-state index contributed by atoms with van der Waals surface area (Å²) in [5, 5.41) is 6.70. The zero-order valence-corrected chi connectivity index (χ0v) is 18.8. The Hall–Kier alpha value is -3.24. The standard InChI is InChI=1S/C22H15ClIN3O4/c23-15-7-9-16(10-8-15)26-20(28)21(29)27-25-13-14-5-11-17(12-6-14)31-22(30)18-3-1-2-4-19(18)24/h1-13H,(H,26,28)(H,27,29)/b25-13+. The second-order valence-electron chi connectivity index (χ2n) is 6.10. The van der Waals surface area contributed by atoms with Crippen molar-refractivity contribution < 1.29 is 19.1 Å². The quantitative estimate of drug-likeness (QED) is 0.125. The Balaban J connectivity index is 1.51. The van der Waals surface area contributed by atoms with Gasteiger partial charge in [0.2, 0.25) is 0 Å². The maximum atomic E-state index is 12.2. The third kappa shape index (κ3) is 6.63. The number of amides is 2. The Morgan fingerprint density at radius 2 is 1.58 bits per heavy atom. The van der Waals surface area contributed by atoms with Crippen molar-refractivity contribution in [2.45, 2.75) is 0 Å². The van der Waals surface area contributed by atoms with Crippen LogP contribution in [0.1, 0.15) is 15.9 Å². The topological polar surface area (TPSA) is 96.9 Å². The first-order valence-corrected chi connectivity index (χ1v) is 10.3. The molecule has 0 radical (unpaired) electrons. The number of rotatable bonds is 5. The fourth-order valence-corrected chi connectivity index (χ4v) is 3.08. The van der Waals surface area contributed by atoms with E-state index in [4.69, 9.17) is 16.3 Å². The van der Waals surface area contributed by atoms with Crippen LogP contribution in [0.3, 0.4) is 0 Å². The van der Waals surface area contributed by atoms with E-state index in [1.807, 2.05) is 12.1 Å². The second-order valence-corrected chi connectivity index (χ2v) is 7.70. The first-order chi connectivity index (χ1) is 14.9. The smallest absolute Gasteiger partial charge is 0.344 e. The molecule has 2 N–H and O–H groups in total. The number of benzene rings is 3. The first-order valence-electron chi connectivity index (χ1n) is 8.89. The third-order valence-electron chi connectivity index (χ3n) is 3.87. The summed E-state index contributed by atoms with van der Waals surface area (Å²) in [4.78, 5) is 35.9. The Morgan fingerprint density at radius 1 is 0.903 bits per heavy atom. The fourth-order valence-electron chi connectivity index (χ4n) is 2.35. The molecule has 7 nitrogen and oxygen atoms in total. The van der Waals surface area contributed by atoms with E-state index in [9.17, 15) is 14.4 Å². The Labute approximate surface area is 196 Å². The Morgan fingerprint density at radius 3 is 2.26 bits per heavy atom. The highest BCUT2D eigenvalue weighted by Crippen LogP contribution is 2.17. The van der Waals surface area contributed by atoms with Crippen LogP contribution >= 0.6 is 34.2 Å². The van der Waals surface area contributed by atoms with Gasteiger partial charge in [-0.2, -0.15) is 5.10 Å². The van der Waals surface area contributed by atoms with Gasteiger partial charge in [0.05, 0.1) is 11.8 Å². The van der Waals surface area contributed by atoms with Crippen LogP contribution in [0.2, 0.25) is 5.02 Å². The van der Waals surface area contributed by atoms with Crippen LogP contribution in [0.15, 0.2) is 77.9 Å². The molecule has 3 aromatic carbocycles. The number of hydrogen-bond donors (Lipinski definition) is 2. The lowest BCUT2D eigenvalue weighted by atomic mass is 10.2. The van der Waals surface area contributed by atoms with Gasteiger partial charge in [-0.25, -0.2) is 10.2 Å². The average molecular weight is 548 g/mol. The monoisotopic (exact) mass is 547 g/mol. The molecular weight excluding hydrogens is 533 g/mol. The summed E-state index contributed by atoms with van der Waals surface area (Å²) in [6.45, 7) is 0. The predicted octanol–water partition coefficient (Wildman–Crippen LogP) is 4.25. The minimum absolute atomic E-state index is 0.369. The molecule has 3 rings (SSSR count). The number of hydrogen-bond acceptors (Lipinski definition) is 5. The van der Waals surface area contributed by atoms with Gasteiger partial charge in [0.15, 0.2) is 0 Å². The van der Waals surface area contributed by atoms with Gasteiger partial charge in [-0.3, -0.25) is 9.59 Å². The van der Waals surface area contributed by atoms with Crippen LogP contribution in [-0.2, 0) is 9.59 Å². The summed E-state index contributed by atoms with van der Waals surface area (Å²) in [6.07, 6.45) is 1.36. The number of carbonyl (C=O) groups excluding carboxylic acids is 3. The van der Waals surface area contributed by atoms with Gasteiger partial charge in [0.1, 0.15) is 5.75 Å². The molecule has 0 fully saturated rings. The van der Waals surface area contributed by atoms with E-state index in [0.29, 0.717) is 27.6 Å². The number of halogens is 2. The molecule has 0 saturated carbocycles. The van der Waals surface area contributed by atoms with Crippen molar-refractivity contribution in [1.29, 1.82) is 0 Å². The molecule has 0 unspecified atom stereocenters. The van der Waals surface area contributed by atoms with Crippen LogP contribution in [0, 0.1) is 3.57 Å². The van der Waals surface area contributed by atoms with Crippen molar-refractivity contribution in [1.82, 2.24) is 5.43 Å². The van der Waals surface area contributed by atoms with Crippen LogP contribution in [0.4, 0.5) is 5.69 Å². The van der Waals surface area contributed by atoms with E-state index in [1.165, 1.54) is 6.21 Å².